The molecule has 216 valence electrons. The molecule has 2 aliphatic rings. The van der Waals surface area contributed by atoms with Crippen molar-refractivity contribution in [3.8, 4) is 17.4 Å². The molecule has 0 aliphatic carbocycles. The van der Waals surface area contributed by atoms with Gasteiger partial charge in [-0.05, 0) is 30.5 Å². The molecule has 2 aromatic carbocycles. The maximum absolute atomic E-state index is 15.0. The van der Waals surface area contributed by atoms with Crippen molar-refractivity contribution in [2.24, 2.45) is 0 Å². The van der Waals surface area contributed by atoms with Crippen LogP contribution in [-0.4, -0.2) is 60.1 Å². The van der Waals surface area contributed by atoms with Gasteiger partial charge < -0.3 is 29.7 Å². The van der Waals surface area contributed by atoms with Gasteiger partial charge in [-0.2, -0.15) is 18.2 Å². The second kappa shape index (κ2) is 11.2. The molecule has 3 aromatic rings. The predicted molar refractivity (Wildman–Crippen MR) is 137 cm³/mol. The number of methoxy groups -OCH3 is 1. The number of anilines is 2. The van der Waals surface area contributed by atoms with Crippen LogP contribution < -0.4 is 20.1 Å². The summed E-state index contributed by atoms with van der Waals surface area (Å²) in [7, 11) is 2.84. The number of halogens is 4. The van der Waals surface area contributed by atoms with Crippen LogP contribution in [-0.2, 0) is 17.5 Å². The van der Waals surface area contributed by atoms with Crippen LogP contribution in [0.15, 0.2) is 36.5 Å². The van der Waals surface area contributed by atoms with Gasteiger partial charge in [0.15, 0.2) is 0 Å². The molecule has 2 N–H and O–H groups in total. The van der Waals surface area contributed by atoms with Crippen molar-refractivity contribution in [3.63, 3.8) is 0 Å². The van der Waals surface area contributed by atoms with E-state index in [2.05, 4.69) is 20.6 Å². The summed E-state index contributed by atoms with van der Waals surface area (Å²) in [5.74, 6) is -3.34. The normalized spacial score (nSPS) is 16.5. The number of amides is 2. The number of carbonyl (C=O) groups is 2. The molecule has 5 rings (SSSR count). The van der Waals surface area contributed by atoms with Gasteiger partial charge in [0.05, 0.1) is 30.0 Å². The van der Waals surface area contributed by atoms with Gasteiger partial charge in [0, 0.05) is 39.0 Å². The van der Waals surface area contributed by atoms with Crippen molar-refractivity contribution in [1.82, 2.24) is 20.2 Å². The zero-order valence-corrected chi connectivity index (χ0v) is 22.0. The van der Waals surface area contributed by atoms with Crippen LogP contribution in [0.25, 0.3) is 0 Å². The molecular weight excluding hydrogens is 550 g/mol. The van der Waals surface area contributed by atoms with Crippen molar-refractivity contribution < 1.29 is 41.4 Å². The maximum atomic E-state index is 15.0. The minimum Gasteiger partial charge on any atom is -0.495 e. The van der Waals surface area contributed by atoms with Crippen LogP contribution in [0, 0.1) is 5.82 Å². The summed E-state index contributed by atoms with van der Waals surface area (Å²) < 4.78 is 72.7. The molecule has 0 spiro atoms. The Morgan fingerprint density at radius 2 is 2.05 bits per heavy atom. The average Bonchev–Trinajstić information content (AvgIpc) is 3.55. The van der Waals surface area contributed by atoms with Gasteiger partial charge in [0.1, 0.15) is 22.9 Å². The SMILES string of the molecule is COc1cc(C(=O)NC[C@H]2CCCO2)c(F)cc1Nc1ncc(C(F)(F)F)c(Oc2cccc3c2C(=O)N(C)C3)n1. The summed E-state index contributed by atoms with van der Waals surface area (Å²) in [6.07, 6.45) is -2.85. The molecule has 10 nitrogen and oxygen atoms in total. The van der Waals surface area contributed by atoms with E-state index in [0.29, 0.717) is 18.4 Å². The number of hydrogen-bond donors (Lipinski definition) is 2. The number of aromatic nitrogens is 2. The van der Waals surface area contributed by atoms with Gasteiger partial charge in [-0.1, -0.05) is 12.1 Å². The van der Waals surface area contributed by atoms with Gasteiger partial charge in [0.25, 0.3) is 11.8 Å². The molecule has 0 bridgehead atoms. The molecule has 2 aliphatic heterocycles. The first kappa shape index (κ1) is 28.1. The molecule has 0 radical (unpaired) electrons. The monoisotopic (exact) mass is 575 g/mol. The van der Waals surface area contributed by atoms with E-state index >= 15 is 0 Å². The Morgan fingerprint density at radius 3 is 2.76 bits per heavy atom. The highest BCUT2D eigenvalue weighted by Crippen LogP contribution is 2.40. The molecule has 2 amide bonds. The lowest BCUT2D eigenvalue weighted by molar-refractivity contribution is -0.139. The third-order valence-electron chi connectivity index (χ3n) is 6.64. The number of carbonyl (C=O) groups excluding carboxylic acids is 2. The smallest absolute Gasteiger partial charge is 0.423 e. The Hall–Kier alpha value is -4.46. The van der Waals surface area contributed by atoms with Gasteiger partial charge in [-0.15, -0.1) is 0 Å². The highest BCUT2D eigenvalue weighted by atomic mass is 19.4. The lowest BCUT2D eigenvalue weighted by Crippen LogP contribution is -2.32. The van der Waals surface area contributed by atoms with Crippen LogP contribution in [0.3, 0.4) is 0 Å². The summed E-state index contributed by atoms with van der Waals surface area (Å²) >= 11 is 0. The Morgan fingerprint density at radius 1 is 1.24 bits per heavy atom. The van der Waals surface area contributed by atoms with Crippen molar-refractivity contribution in [1.29, 1.82) is 0 Å². The molecule has 0 unspecified atom stereocenters. The van der Waals surface area contributed by atoms with Crippen LogP contribution in [0.2, 0.25) is 0 Å². The number of rotatable bonds is 8. The Bertz CT molecular complexity index is 1490. The number of benzene rings is 2. The summed E-state index contributed by atoms with van der Waals surface area (Å²) in [5.41, 5.74) is -0.903. The van der Waals surface area contributed by atoms with E-state index in [9.17, 15) is 27.2 Å². The standard InChI is InChI=1S/C27H25F4N5O5/c1-36-13-14-5-3-7-20(22(14)25(36)38)41-24-17(27(29,30)31)12-33-26(35-24)34-19-10-18(28)16(9-21(19)39-2)23(37)32-11-15-6-4-8-40-15/h3,5,7,9-10,12,15H,4,6,8,11,13H2,1-2H3,(H,32,37)(H,33,34,35)/t15-/m1/s1. The highest BCUT2D eigenvalue weighted by molar-refractivity contribution is 6.01. The maximum Gasteiger partial charge on any atom is 0.423 e. The van der Waals surface area contributed by atoms with E-state index in [4.69, 9.17) is 14.2 Å². The fraction of sp³-hybridized carbons (Fsp3) is 0.333. The van der Waals surface area contributed by atoms with Crippen molar-refractivity contribution in [2.45, 2.75) is 31.7 Å². The highest BCUT2D eigenvalue weighted by Gasteiger charge is 2.37. The lowest BCUT2D eigenvalue weighted by Gasteiger charge is -2.17. The number of nitrogens with one attached hydrogen (secondary N) is 2. The van der Waals surface area contributed by atoms with Gasteiger partial charge in [-0.3, -0.25) is 9.59 Å². The Labute approximate surface area is 231 Å². The zero-order valence-electron chi connectivity index (χ0n) is 22.0. The number of alkyl halides is 3. The first-order valence-corrected chi connectivity index (χ1v) is 12.6. The molecule has 1 fully saturated rings. The topological polar surface area (TPSA) is 115 Å². The number of fused-ring (bicyclic) bond motifs is 1. The molecule has 0 saturated carbocycles. The van der Waals surface area contributed by atoms with Crippen LogP contribution in [0.5, 0.6) is 17.4 Å². The molecule has 1 aromatic heterocycles. The van der Waals surface area contributed by atoms with E-state index in [-0.39, 0.29) is 53.5 Å². The number of hydrogen-bond acceptors (Lipinski definition) is 8. The largest absolute Gasteiger partial charge is 0.495 e. The third kappa shape index (κ3) is 5.87. The average molecular weight is 576 g/mol. The van der Waals surface area contributed by atoms with Crippen LogP contribution >= 0.6 is 0 Å². The van der Waals surface area contributed by atoms with Gasteiger partial charge >= 0.3 is 6.18 Å². The molecule has 1 saturated heterocycles. The molecular formula is C27H25F4N5O5. The first-order valence-electron chi connectivity index (χ1n) is 12.6. The first-order chi connectivity index (χ1) is 19.5. The second-order valence-corrected chi connectivity index (χ2v) is 9.47. The Kier molecular flexibility index (Phi) is 7.67. The van der Waals surface area contributed by atoms with E-state index in [1.54, 1.807) is 19.2 Å². The summed E-state index contributed by atoms with van der Waals surface area (Å²) in [6, 6.07) is 6.69. The minimum absolute atomic E-state index is 0.00847. The second-order valence-electron chi connectivity index (χ2n) is 9.47. The molecule has 3 heterocycles. The van der Waals surface area contributed by atoms with E-state index in [1.807, 2.05) is 0 Å². The number of ether oxygens (including phenoxy) is 3. The summed E-state index contributed by atoms with van der Waals surface area (Å²) in [6.45, 7) is 1.10. The summed E-state index contributed by atoms with van der Waals surface area (Å²) in [4.78, 5) is 34.1. The van der Waals surface area contributed by atoms with Gasteiger partial charge in [0.2, 0.25) is 11.8 Å². The van der Waals surface area contributed by atoms with Crippen molar-refractivity contribution in [3.05, 3.63) is 64.6 Å². The molecule has 14 heteroatoms. The van der Waals surface area contributed by atoms with Crippen molar-refractivity contribution in [2.75, 3.05) is 32.6 Å². The minimum atomic E-state index is -4.88. The fourth-order valence-electron chi connectivity index (χ4n) is 4.58. The molecule has 1 atom stereocenters. The predicted octanol–water partition coefficient (Wildman–Crippen LogP) is 4.67. The van der Waals surface area contributed by atoms with E-state index in [0.717, 1.165) is 25.0 Å². The molecule has 41 heavy (non-hydrogen) atoms. The van der Waals surface area contributed by atoms with E-state index < -0.39 is 35.3 Å². The number of nitrogens with zero attached hydrogens (tertiary/aromatic N) is 3. The lowest BCUT2D eigenvalue weighted by atomic mass is 10.1. The quantitative estimate of drug-likeness (QED) is 0.373. The third-order valence-corrected chi connectivity index (χ3v) is 6.64. The summed E-state index contributed by atoms with van der Waals surface area (Å²) in [5, 5.41) is 5.24. The van der Waals surface area contributed by atoms with Crippen LogP contribution in [0.4, 0.5) is 29.2 Å². The van der Waals surface area contributed by atoms with E-state index in [1.165, 1.54) is 18.1 Å². The van der Waals surface area contributed by atoms with Crippen LogP contribution in [0.1, 0.15) is 44.7 Å². The fourth-order valence-corrected chi connectivity index (χ4v) is 4.58. The zero-order chi connectivity index (χ0) is 29.3. The van der Waals surface area contributed by atoms with Gasteiger partial charge in [-0.25, -0.2) is 9.37 Å². The van der Waals surface area contributed by atoms with Crippen molar-refractivity contribution >= 4 is 23.5 Å². The Balaban J connectivity index is 1.42.